The van der Waals surface area contributed by atoms with Crippen LogP contribution in [0.1, 0.15) is 99.1 Å². The number of fused-ring (bicyclic) bond motifs is 16. The molecule has 40 nitrogen and oxygen atoms in total. The van der Waals surface area contributed by atoms with Crippen molar-refractivity contribution in [1.29, 1.82) is 5.41 Å². The predicted molar refractivity (Wildman–Crippen MR) is 440 cm³/mol. The Morgan fingerprint density at radius 2 is 1.27 bits per heavy atom. The minimum absolute atomic E-state index is 0.00934. The van der Waals surface area contributed by atoms with Crippen molar-refractivity contribution in [1.82, 2.24) is 83.2 Å². The second-order valence-electron chi connectivity index (χ2n) is 29.6. The minimum Gasteiger partial charge on any atom is -0.481 e. The van der Waals surface area contributed by atoms with Crippen LogP contribution in [0.5, 0.6) is 0 Å². The maximum Gasteiger partial charge on any atom is 0.305 e. The summed E-state index contributed by atoms with van der Waals surface area (Å²) in [6, 6.07) is 2.54. The molecule has 14 amide bonds. The number of amides is 14. The molecule has 9 rings (SSSR count). The van der Waals surface area contributed by atoms with Crippen molar-refractivity contribution in [3.63, 3.8) is 0 Å². The maximum atomic E-state index is 15.3. The second-order valence-corrected chi connectivity index (χ2v) is 32.6. The molecule has 121 heavy (non-hydrogen) atoms. The number of rotatable bonds is 34. The number of nitrogens with two attached hydrogens (primary N) is 2. The van der Waals surface area contributed by atoms with Gasteiger partial charge in [-0.25, -0.2) is 4.98 Å². The van der Waals surface area contributed by atoms with Crippen molar-refractivity contribution < 1.29 is 102 Å². The van der Waals surface area contributed by atoms with Crippen LogP contribution >= 0.6 is 35.3 Å². The van der Waals surface area contributed by atoms with Crippen molar-refractivity contribution in [2.45, 2.75) is 187 Å². The summed E-state index contributed by atoms with van der Waals surface area (Å²) >= 11 is 3.73. The number of piperidine rings is 1. The number of aliphatic carboxylic acids is 3. The molecule has 0 spiro atoms. The summed E-state index contributed by atoms with van der Waals surface area (Å²) in [6.45, 7) is 1.20. The van der Waals surface area contributed by atoms with E-state index in [1.54, 1.807) is 78.9 Å². The summed E-state index contributed by atoms with van der Waals surface area (Å²) in [6.07, 6.45) is -1.46. The van der Waals surface area contributed by atoms with Gasteiger partial charge in [0.05, 0.1) is 31.0 Å². The van der Waals surface area contributed by atoms with Crippen LogP contribution in [0.25, 0.3) is 0 Å². The lowest BCUT2D eigenvalue weighted by Gasteiger charge is -2.40. The monoisotopic (exact) mass is 1740 g/mol. The molecule has 15 atom stereocenters. The molecule has 3 aromatic carbocycles. The fourth-order valence-electron chi connectivity index (χ4n) is 14.5. The van der Waals surface area contributed by atoms with Crippen LogP contribution in [0.2, 0.25) is 0 Å². The van der Waals surface area contributed by atoms with Gasteiger partial charge in [-0.05, 0) is 79.2 Å². The number of thioether (sulfide) groups is 3. The number of nitrogens with one attached hydrogen (secondary N) is 13. The van der Waals surface area contributed by atoms with Crippen molar-refractivity contribution in [2.24, 2.45) is 17.4 Å². The fraction of sp³-hybridized carbons (Fsp3) is 0.500. The predicted octanol–water partition coefficient (Wildman–Crippen LogP) is -3.79. The van der Waals surface area contributed by atoms with Gasteiger partial charge in [0, 0.05) is 94.4 Å². The Morgan fingerprint density at radius 3 is 1.90 bits per heavy atom. The third-order valence-electron chi connectivity index (χ3n) is 20.7. The Morgan fingerprint density at radius 1 is 0.653 bits per heavy atom. The Kier molecular flexibility index (Phi) is 36.0. The highest BCUT2D eigenvalue weighted by atomic mass is 32.2. The number of likely N-dealkylation sites (N-methyl/N-ethyl adjacent to an activating group) is 1. The molecule has 0 saturated carbocycles. The van der Waals surface area contributed by atoms with Gasteiger partial charge in [0.2, 0.25) is 82.7 Å². The van der Waals surface area contributed by atoms with Gasteiger partial charge in [-0.2, -0.15) is 35.3 Å². The van der Waals surface area contributed by atoms with E-state index in [0.717, 1.165) is 16.7 Å². The maximum absolute atomic E-state index is 15.3. The average molecular weight is 1740 g/mol. The van der Waals surface area contributed by atoms with E-state index in [-0.39, 0.29) is 87.5 Å². The SMILES string of the molecule is CSCC[C@H](NC(C)=O)C(=O)N[C@H]1CSCc2cccc(c2)CSC[C@@H](C(=O)N[C@@H](CC(=O)O)C(=O)N[C@@H](Cc2c[nH]cn2)C(=O)N(C)[C@@H](Cc2ccccc2)C(=O)N[C@@H](CCCNC(=N)N)C(=O)N[C@@H](CC(=O)O)C(N)=O)NC(=O)[C@H](Cc2ccccc2)NC(=O)[C@H](CCC(=O)O)NC(=O)[C@H]2NC(=O)[C@@H]3C(CCN3C(=O)[C@@H]3CCCN3C1=O)[C@H]2O. The molecule has 0 radical (unpaired) electrons. The lowest BCUT2D eigenvalue weighted by atomic mass is 9.84. The van der Waals surface area contributed by atoms with Gasteiger partial charge in [0.25, 0.3) is 0 Å². The first-order valence-corrected chi connectivity index (χ1v) is 42.8. The Balaban J connectivity index is 1.14. The molecular formula is C78H103N19O21S3. The van der Waals surface area contributed by atoms with E-state index < -0.39 is 235 Å². The van der Waals surface area contributed by atoms with Crippen LogP contribution in [0.15, 0.2) is 97.5 Å². The van der Waals surface area contributed by atoms with E-state index >= 15 is 24.0 Å². The van der Waals surface area contributed by atoms with E-state index in [1.165, 1.54) is 59.8 Å². The highest BCUT2D eigenvalue weighted by Crippen LogP contribution is 2.35. The molecule has 6 bridgehead atoms. The normalized spacial score (nSPS) is 21.9. The summed E-state index contributed by atoms with van der Waals surface area (Å²) in [5, 5.41) is 77.5. The van der Waals surface area contributed by atoms with Crippen LogP contribution in [0.3, 0.4) is 0 Å². The number of benzene rings is 3. The van der Waals surface area contributed by atoms with Crippen LogP contribution in [0.4, 0.5) is 0 Å². The van der Waals surface area contributed by atoms with Crippen LogP contribution in [-0.2, 0) is 112 Å². The van der Waals surface area contributed by atoms with E-state index in [2.05, 4.69) is 68.5 Å². The molecule has 0 aliphatic carbocycles. The summed E-state index contributed by atoms with van der Waals surface area (Å²) in [4.78, 5) is 250. The van der Waals surface area contributed by atoms with Gasteiger partial charge < -0.3 is 110 Å². The number of guanidine groups is 1. The molecule has 1 unspecified atom stereocenters. The highest BCUT2D eigenvalue weighted by Gasteiger charge is 2.55. The number of carbonyl (C=O) groups is 17. The standard InChI is InChI=1S/C78H103N19O21S3/c1-41(98)85-50(24-28-119-3)68(109)93-56-39-121-37-45-18-10-17-44(29-45)36-120-38-55(92-69(110)52(30-42-13-6-4-7-14-42)89-67(108)49(21-22-59(99)100)87-73(114)62-64(105)47-23-27-97(63(47)74(115)94-62)77(118)57-20-12-26-96(57)76(56)117)71(112)90-53(34-61(103)104)70(111)91-54(32-46-35-82-40-84-46)75(116)95(2)58(31-43-15-8-5-9-16-43)72(113)86-48(19-11-25-83-78(80)81)66(107)88-51(65(79)106)33-60(101)102/h4-10,13-18,29,35,40,47-58,62-64,105H,11-12,19-28,30-34,36-39H2,1-3H3,(H2,79,106)(H,82,84)(H,85,98)(H,86,113)(H,87,114)(H,88,107)(H,89,108)(H,90,112)(H,91,111)(H,92,110)(H,93,109)(H,94,115)(H,99,100)(H,101,102)(H,103,104)(H4,80,81,83)/t47?,48-,49-,50-,51-,52-,53-,54-,55-,56-,57-,58-,62-,63-,64+/m0/s1. The number of aromatic nitrogens is 2. The molecule has 6 heterocycles. The topological polar surface area (TPSA) is 618 Å². The quantitative estimate of drug-likeness (QED) is 0.00923. The van der Waals surface area contributed by atoms with Crippen molar-refractivity contribution in [3.05, 3.63) is 125 Å². The molecule has 21 N–H and O–H groups in total. The van der Waals surface area contributed by atoms with Gasteiger partial charge in [-0.1, -0.05) is 84.9 Å². The zero-order valence-electron chi connectivity index (χ0n) is 66.6. The summed E-state index contributed by atoms with van der Waals surface area (Å²) in [7, 11) is 1.19. The number of aromatic amines is 1. The largest absolute Gasteiger partial charge is 0.481 e. The molecule has 1 aromatic heterocycles. The number of aliphatic hydroxyl groups is 1. The third kappa shape index (κ3) is 28.1. The Labute approximate surface area is 708 Å². The number of carbonyl (C=O) groups excluding carboxylic acids is 14. The van der Waals surface area contributed by atoms with Crippen molar-refractivity contribution in [2.75, 3.05) is 50.2 Å². The first kappa shape index (κ1) is 94.6. The molecule has 5 aliphatic rings. The number of hydrogen-bond donors (Lipinski definition) is 19. The molecule has 3 saturated heterocycles. The van der Waals surface area contributed by atoms with Crippen LogP contribution in [0, 0.1) is 11.3 Å². The summed E-state index contributed by atoms with van der Waals surface area (Å²) < 4.78 is 0. The van der Waals surface area contributed by atoms with Gasteiger partial charge in [0.1, 0.15) is 78.5 Å². The number of imidazole rings is 1. The second kappa shape index (κ2) is 46.1. The first-order valence-electron chi connectivity index (χ1n) is 39.1. The average Bonchev–Trinajstić information content (AvgIpc) is 1.62. The van der Waals surface area contributed by atoms with Crippen LogP contribution < -0.4 is 70.0 Å². The molecule has 3 fully saturated rings. The van der Waals surface area contributed by atoms with Gasteiger partial charge >= 0.3 is 17.9 Å². The highest BCUT2D eigenvalue weighted by molar-refractivity contribution is 7.99. The van der Waals surface area contributed by atoms with Gasteiger partial charge in [-0.15, -0.1) is 0 Å². The Hall–Kier alpha value is -11.9. The first-order chi connectivity index (χ1) is 57.7. The Bertz CT molecular complexity index is 4400. The zero-order chi connectivity index (χ0) is 88.1. The van der Waals surface area contributed by atoms with Crippen molar-refractivity contribution in [3.8, 4) is 0 Å². The number of H-pyrrole nitrogens is 1. The van der Waals surface area contributed by atoms with E-state index in [1.807, 2.05) is 12.3 Å². The van der Waals surface area contributed by atoms with E-state index in [0.29, 0.717) is 34.4 Å². The molecular weight excluding hydrogens is 1640 g/mol. The van der Waals surface area contributed by atoms with Gasteiger partial charge in [0.15, 0.2) is 5.96 Å². The van der Waals surface area contributed by atoms with Gasteiger partial charge in [-0.3, -0.25) is 86.9 Å². The molecule has 654 valence electrons. The van der Waals surface area contributed by atoms with Crippen LogP contribution in [-0.4, -0.2) is 287 Å². The summed E-state index contributed by atoms with van der Waals surface area (Å²) in [5.74, 6) is -19.4. The minimum atomic E-state index is -2.11. The summed E-state index contributed by atoms with van der Waals surface area (Å²) in [5.41, 5.74) is 13.3. The third-order valence-corrected chi connectivity index (χ3v) is 23.5. The lowest BCUT2D eigenvalue weighted by Crippen LogP contribution is -2.68. The van der Waals surface area contributed by atoms with E-state index in [9.17, 15) is 78.0 Å². The number of carboxylic acids is 3. The zero-order valence-corrected chi connectivity index (χ0v) is 69.1. The van der Waals surface area contributed by atoms with Crippen molar-refractivity contribution >= 4 is 142 Å². The number of hydrogen-bond acceptors (Lipinski definition) is 23. The number of carboxylic acid groups (broad SMARTS) is 3. The van der Waals surface area contributed by atoms with E-state index in [4.69, 9.17) is 16.9 Å². The smallest absolute Gasteiger partial charge is 0.305 e. The number of aliphatic hydroxyl groups excluding tert-OH is 1. The fourth-order valence-corrected chi connectivity index (χ4v) is 17.0. The molecule has 4 aromatic rings. The molecule has 5 aliphatic heterocycles. The molecule has 43 heteroatoms. The lowest BCUT2D eigenvalue weighted by molar-refractivity contribution is -0.152. The number of nitrogens with zero attached hydrogens (tertiary/aromatic N) is 4. The number of primary amides is 1.